The normalized spacial score (nSPS) is 13.0. The fraction of sp³-hybridized carbons (Fsp3) is 0.417. The molecule has 1 heterocycles. The van der Waals surface area contributed by atoms with Gasteiger partial charge in [-0.25, -0.2) is 0 Å². The molecule has 0 amide bonds. The average Bonchev–Trinajstić information content (AvgIpc) is 2.72. The van der Waals surface area contributed by atoms with Crippen LogP contribution in [-0.4, -0.2) is 28.3 Å². The molecule has 2 rings (SSSR count). The summed E-state index contributed by atoms with van der Waals surface area (Å²) in [6.45, 7) is 3.09. The highest BCUT2D eigenvalue weighted by Gasteiger charge is 2.11. The van der Waals surface area contributed by atoms with Crippen molar-refractivity contribution in [3.05, 3.63) is 28.4 Å². The molecule has 4 nitrogen and oxygen atoms in total. The molecule has 18 heavy (non-hydrogen) atoms. The van der Waals surface area contributed by atoms with Crippen LogP contribution < -0.4 is 0 Å². The highest BCUT2D eigenvalue weighted by atomic mass is 79.9. The predicted octanol–water partition coefficient (Wildman–Crippen LogP) is 2.88. The highest BCUT2D eigenvalue weighted by Crippen LogP contribution is 2.23. The predicted molar refractivity (Wildman–Crippen MR) is 74.9 cm³/mol. The Morgan fingerprint density at radius 2 is 2.33 bits per heavy atom. The van der Waals surface area contributed by atoms with Crippen molar-refractivity contribution in [2.45, 2.75) is 12.7 Å². The largest absolute Gasteiger partial charge is 0.381 e. The minimum absolute atomic E-state index is 0.404. The van der Waals surface area contributed by atoms with Gasteiger partial charge >= 0.3 is 0 Å². The Hall–Kier alpha value is -0.720. The van der Waals surface area contributed by atoms with E-state index in [1.54, 1.807) is 0 Å². The van der Waals surface area contributed by atoms with Crippen LogP contribution in [0.2, 0.25) is 0 Å². The third-order valence-electron chi connectivity index (χ3n) is 2.47. The van der Waals surface area contributed by atoms with Gasteiger partial charge in [-0.15, -0.1) is 0 Å². The van der Waals surface area contributed by atoms with Crippen LogP contribution in [0.3, 0.4) is 0 Å². The van der Waals surface area contributed by atoms with Gasteiger partial charge in [0.15, 0.2) is 5.58 Å². The number of ether oxygens (including phenoxy) is 1. The maximum absolute atomic E-state index is 11.8. The monoisotopic (exact) mass is 331 g/mol. The van der Waals surface area contributed by atoms with Crippen molar-refractivity contribution in [1.82, 2.24) is 5.16 Å². The van der Waals surface area contributed by atoms with Gasteiger partial charge in [-0.3, -0.25) is 4.21 Å². The first-order valence-electron chi connectivity index (χ1n) is 5.67. The van der Waals surface area contributed by atoms with Crippen LogP contribution in [0.5, 0.6) is 0 Å². The van der Waals surface area contributed by atoms with E-state index in [-0.39, 0.29) is 0 Å². The minimum Gasteiger partial charge on any atom is -0.381 e. The number of nitrogens with zero attached hydrogens (tertiary/aromatic N) is 1. The van der Waals surface area contributed by atoms with Gasteiger partial charge in [0, 0.05) is 33.0 Å². The van der Waals surface area contributed by atoms with E-state index in [0.29, 0.717) is 30.3 Å². The molecule has 1 atom stereocenters. The molecule has 2 aromatic rings. The van der Waals surface area contributed by atoms with E-state index in [9.17, 15) is 4.21 Å². The maximum Gasteiger partial charge on any atom is 0.168 e. The van der Waals surface area contributed by atoms with Crippen molar-refractivity contribution in [3.63, 3.8) is 0 Å². The van der Waals surface area contributed by atoms with E-state index in [1.807, 2.05) is 25.1 Å². The van der Waals surface area contributed by atoms with Gasteiger partial charge in [0.05, 0.1) is 12.4 Å². The first-order valence-corrected chi connectivity index (χ1v) is 7.95. The number of rotatable bonds is 6. The van der Waals surface area contributed by atoms with Crippen molar-refractivity contribution >= 4 is 37.7 Å². The number of aromatic nitrogens is 1. The zero-order valence-corrected chi connectivity index (χ0v) is 12.4. The van der Waals surface area contributed by atoms with Crippen molar-refractivity contribution in [2.75, 3.05) is 19.0 Å². The van der Waals surface area contributed by atoms with Crippen LogP contribution in [-0.2, 0) is 21.3 Å². The third kappa shape index (κ3) is 3.40. The molecule has 1 aromatic carbocycles. The summed E-state index contributed by atoms with van der Waals surface area (Å²) in [5.41, 5.74) is 1.45. The number of benzene rings is 1. The van der Waals surface area contributed by atoms with Crippen LogP contribution in [0.25, 0.3) is 11.0 Å². The molecule has 0 saturated heterocycles. The molecule has 0 spiro atoms. The van der Waals surface area contributed by atoms with Crippen molar-refractivity contribution in [3.8, 4) is 0 Å². The van der Waals surface area contributed by atoms with Gasteiger partial charge < -0.3 is 9.26 Å². The Bertz CT molecular complexity index is 555. The quantitative estimate of drug-likeness (QED) is 0.764. The van der Waals surface area contributed by atoms with Crippen molar-refractivity contribution in [1.29, 1.82) is 0 Å². The SMILES string of the molecule is CCOCCS(=O)Cc1noc2cc(Br)ccc12. The molecule has 0 radical (unpaired) electrons. The van der Waals surface area contributed by atoms with Crippen molar-refractivity contribution < 1.29 is 13.5 Å². The lowest BCUT2D eigenvalue weighted by atomic mass is 10.2. The van der Waals surface area contributed by atoms with Gasteiger partial charge in [0.2, 0.25) is 0 Å². The molecular formula is C12H14BrNO3S. The van der Waals surface area contributed by atoms with Crippen molar-refractivity contribution in [2.24, 2.45) is 0 Å². The van der Waals surface area contributed by atoms with E-state index in [2.05, 4.69) is 21.1 Å². The van der Waals surface area contributed by atoms with Gasteiger partial charge in [-0.1, -0.05) is 21.1 Å². The van der Waals surface area contributed by atoms with Crippen LogP contribution in [0.1, 0.15) is 12.6 Å². The summed E-state index contributed by atoms with van der Waals surface area (Å²) in [7, 11) is -0.971. The minimum atomic E-state index is -0.971. The van der Waals surface area contributed by atoms with Gasteiger partial charge in [-0.05, 0) is 25.1 Å². The third-order valence-corrected chi connectivity index (χ3v) is 4.18. The summed E-state index contributed by atoms with van der Waals surface area (Å²) in [5.74, 6) is 0.931. The van der Waals surface area contributed by atoms with E-state index in [1.165, 1.54) is 0 Å². The Morgan fingerprint density at radius 3 is 3.11 bits per heavy atom. The smallest absolute Gasteiger partial charge is 0.168 e. The average molecular weight is 332 g/mol. The fourth-order valence-corrected chi connectivity index (χ4v) is 2.89. The second kappa shape index (κ2) is 6.45. The summed E-state index contributed by atoms with van der Waals surface area (Å²) >= 11 is 3.37. The zero-order chi connectivity index (χ0) is 13.0. The molecule has 0 saturated carbocycles. The lowest BCUT2D eigenvalue weighted by Gasteiger charge is -2.00. The Balaban J connectivity index is 2.05. The molecule has 0 bridgehead atoms. The Labute approximate surface area is 116 Å². The summed E-state index contributed by atoms with van der Waals surface area (Å²) in [6.07, 6.45) is 0. The topological polar surface area (TPSA) is 52.3 Å². The lowest BCUT2D eigenvalue weighted by molar-refractivity contribution is 0.164. The maximum atomic E-state index is 11.8. The van der Waals surface area contributed by atoms with E-state index in [4.69, 9.17) is 9.26 Å². The lowest BCUT2D eigenvalue weighted by Crippen LogP contribution is -2.08. The molecule has 98 valence electrons. The first kappa shape index (κ1) is 13.7. The van der Waals surface area contributed by atoms with Crippen LogP contribution in [0.4, 0.5) is 0 Å². The fourth-order valence-electron chi connectivity index (χ4n) is 1.59. The van der Waals surface area contributed by atoms with Crippen LogP contribution in [0, 0.1) is 0 Å². The van der Waals surface area contributed by atoms with Gasteiger partial charge in [0.1, 0.15) is 5.69 Å². The summed E-state index contributed by atoms with van der Waals surface area (Å²) in [4.78, 5) is 0. The molecule has 0 aliphatic carbocycles. The number of hydrogen-bond acceptors (Lipinski definition) is 4. The summed E-state index contributed by atoms with van der Waals surface area (Å²) < 4.78 is 23.2. The second-order valence-corrected chi connectivity index (χ2v) is 6.25. The van der Waals surface area contributed by atoms with Gasteiger partial charge in [-0.2, -0.15) is 0 Å². The molecular weight excluding hydrogens is 318 g/mol. The number of halogens is 1. The standard InChI is InChI=1S/C12H14BrNO3S/c1-2-16-5-6-18(15)8-11-10-4-3-9(13)7-12(10)17-14-11/h3-4,7H,2,5-6,8H2,1H3. The molecule has 0 aliphatic heterocycles. The zero-order valence-electron chi connectivity index (χ0n) is 10.0. The van der Waals surface area contributed by atoms with E-state index in [0.717, 1.165) is 15.6 Å². The number of fused-ring (bicyclic) bond motifs is 1. The Kier molecular flexibility index (Phi) is 4.91. The highest BCUT2D eigenvalue weighted by molar-refractivity contribution is 9.10. The van der Waals surface area contributed by atoms with Crippen LogP contribution in [0.15, 0.2) is 27.2 Å². The summed E-state index contributed by atoms with van der Waals surface area (Å²) in [5, 5.41) is 4.89. The van der Waals surface area contributed by atoms with Crippen LogP contribution >= 0.6 is 15.9 Å². The molecule has 0 N–H and O–H groups in total. The molecule has 1 unspecified atom stereocenters. The number of hydrogen-bond donors (Lipinski definition) is 0. The molecule has 1 aromatic heterocycles. The first-order chi connectivity index (χ1) is 8.70. The van der Waals surface area contributed by atoms with E-state index >= 15 is 0 Å². The molecule has 0 aliphatic rings. The molecule has 6 heteroatoms. The summed E-state index contributed by atoms with van der Waals surface area (Å²) in [6, 6.07) is 5.70. The second-order valence-electron chi connectivity index (χ2n) is 3.75. The molecule has 0 fully saturated rings. The Morgan fingerprint density at radius 1 is 1.50 bits per heavy atom. The van der Waals surface area contributed by atoms with E-state index < -0.39 is 10.8 Å². The van der Waals surface area contributed by atoms with Gasteiger partial charge in [0.25, 0.3) is 0 Å².